The van der Waals surface area contributed by atoms with Crippen LogP contribution in [0.4, 0.5) is 17.1 Å². The molecule has 0 atom stereocenters. The molecule has 6 N–H and O–H groups in total. The maximum atomic E-state index is 14.6. The minimum absolute atomic E-state index is 0.0147. The van der Waals surface area contributed by atoms with Crippen molar-refractivity contribution in [2.24, 2.45) is 15.2 Å². The first-order valence-corrected chi connectivity index (χ1v) is 32.1. The third-order valence-corrected chi connectivity index (χ3v) is 16.9. The number of unbranched alkanes of at least 4 members (excludes halogenated alkanes) is 10. The summed E-state index contributed by atoms with van der Waals surface area (Å²) in [5.74, 6) is 0.126. The number of anilines is 2. The molecule has 0 radical (unpaired) electrons. The molecule has 0 aliphatic carbocycles. The highest BCUT2D eigenvalue weighted by molar-refractivity contribution is 7.93. The van der Waals surface area contributed by atoms with Gasteiger partial charge in [-0.15, -0.1) is 15.0 Å². The number of aromatic nitrogens is 3. The topological polar surface area (TPSA) is 311 Å². The molecule has 426 valence electrons. The minimum atomic E-state index is -5.29. The Bertz CT molecular complexity index is 3370. The summed E-state index contributed by atoms with van der Waals surface area (Å²) < 4.78 is 146. The van der Waals surface area contributed by atoms with Gasteiger partial charge in [-0.2, -0.15) is 8.42 Å². The van der Waals surface area contributed by atoms with E-state index in [9.17, 15) is 38.2 Å². The zero-order chi connectivity index (χ0) is 56.5. The van der Waals surface area contributed by atoms with Crippen LogP contribution < -0.4 is 34.1 Å². The SMILES string of the molecule is CCCCCCCCOc1ccc(CCCCCCCC)cc1S(=O)(=O)Nc1cc(S(=O)(=O)NCCc2nc3n(n2)N=C(OCC)C3=Nc2ccc(NCCS(N)(=O)=O)c(C)c2)c(Oc2ccc(OC)cc2)cc1S(=O)(=O)O. The second kappa shape index (κ2) is 28.1. The summed E-state index contributed by atoms with van der Waals surface area (Å²) in [4.78, 5) is 8.53. The molecule has 6 rings (SSSR count). The molecule has 5 aromatic rings. The molecule has 0 unspecified atom stereocenters. The van der Waals surface area contributed by atoms with E-state index >= 15 is 0 Å². The molecule has 78 heavy (non-hydrogen) atoms. The van der Waals surface area contributed by atoms with E-state index in [-0.39, 0.29) is 78.1 Å². The lowest BCUT2D eigenvalue weighted by Gasteiger charge is -2.19. The van der Waals surface area contributed by atoms with Gasteiger partial charge in [0.15, 0.2) is 11.5 Å². The van der Waals surface area contributed by atoms with Crippen molar-refractivity contribution in [1.29, 1.82) is 0 Å². The Labute approximate surface area is 458 Å². The number of nitrogens with one attached hydrogen (secondary N) is 3. The largest absolute Gasteiger partial charge is 0.497 e. The summed E-state index contributed by atoms with van der Waals surface area (Å²) in [7, 11) is -17.0. The number of ether oxygens (including phenoxy) is 4. The number of rotatable bonds is 33. The summed E-state index contributed by atoms with van der Waals surface area (Å²) >= 11 is 0. The van der Waals surface area contributed by atoms with E-state index in [1.54, 1.807) is 37.3 Å². The highest BCUT2D eigenvalue weighted by atomic mass is 32.2. The van der Waals surface area contributed by atoms with Gasteiger partial charge >= 0.3 is 0 Å². The van der Waals surface area contributed by atoms with Crippen molar-refractivity contribution in [3.8, 4) is 23.0 Å². The molecule has 1 aliphatic rings. The van der Waals surface area contributed by atoms with Crippen LogP contribution in [0, 0.1) is 6.92 Å². The van der Waals surface area contributed by atoms with E-state index in [0.29, 0.717) is 35.5 Å². The second-order valence-corrected chi connectivity index (χ2v) is 25.1. The third kappa shape index (κ3) is 17.7. The van der Waals surface area contributed by atoms with Crippen LogP contribution in [0.2, 0.25) is 0 Å². The van der Waals surface area contributed by atoms with Gasteiger partial charge in [-0.25, -0.2) is 45.1 Å². The minimum Gasteiger partial charge on any atom is -0.497 e. The third-order valence-electron chi connectivity index (χ3n) is 12.3. The van der Waals surface area contributed by atoms with Crippen molar-refractivity contribution in [1.82, 2.24) is 19.6 Å². The number of hydrogen-bond acceptors (Lipinski definition) is 17. The fourth-order valence-corrected chi connectivity index (χ4v) is 11.8. The smallest absolute Gasteiger partial charge is 0.296 e. The van der Waals surface area contributed by atoms with Gasteiger partial charge in [-0.05, 0) is 105 Å². The lowest BCUT2D eigenvalue weighted by atomic mass is 10.0. The molecule has 0 amide bonds. The summed E-state index contributed by atoms with van der Waals surface area (Å²) in [6.45, 7) is 8.05. The first-order valence-electron chi connectivity index (χ1n) is 26.0. The Kier molecular flexibility index (Phi) is 22.0. The number of nitrogens with two attached hydrogens (primary N) is 1. The van der Waals surface area contributed by atoms with Crippen molar-refractivity contribution in [3.05, 3.63) is 95.6 Å². The lowest BCUT2D eigenvalue weighted by molar-refractivity contribution is 0.297. The predicted octanol–water partition coefficient (Wildman–Crippen LogP) is 8.63. The molecule has 2 heterocycles. The standard InChI is InChI=1S/C52H71N9O13S4/c1-6-9-11-13-15-17-19-38-20-27-44(73-31-18-16-14-12-10-7-2)47(34-38)77(66,67)60-43-35-48(45(36-46(43)78(68,69)70)74-41-24-22-40(71-5)23-25-41)76(64,65)55-29-28-49-57-51-50(52(72-8-3)59-61(51)58-49)56-39-21-26-42(37(4)33-39)54-30-32-75(53,62)63/h20-27,33-36,54-55,60H,6-19,28-32H2,1-5H3,(H2,53,62,63)(H,68,69,70). The Hall–Kier alpha value is -6.16. The first-order chi connectivity index (χ1) is 37.1. The van der Waals surface area contributed by atoms with Crippen LogP contribution in [0.1, 0.15) is 121 Å². The average Bonchev–Trinajstić information content (AvgIpc) is 4.11. The molecule has 0 bridgehead atoms. The average molecular weight is 1160 g/mol. The Balaban J connectivity index is 1.30. The lowest BCUT2D eigenvalue weighted by Crippen LogP contribution is -2.27. The molecule has 22 nitrogen and oxygen atoms in total. The number of primary sulfonamides is 1. The molecule has 0 spiro atoms. The van der Waals surface area contributed by atoms with Crippen LogP contribution in [-0.4, -0.2) is 104 Å². The number of fused-ring (bicyclic) bond motifs is 1. The fraction of sp³-hybridized carbons (Fsp3) is 0.462. The molecular weight excluding hydrogens is 1090 g/mol. The van der Waals surface area contributed by atoms with E-state index < -0.39 is 61.4 Å². The maximum Gasteiger partial charge on any atom is 0.296 e. The van der Waals surface area contributed by atoms with Crippen LogP contribution >= 0.6 is 0 Å². The van der Waals surface area contributed by atoms with Crippen molar-refractivity contribution < 1.29 is 57.2 Å². The number of sulfonamides is 3. The van der Waals surface area contributed by atoms with Gasteiger partial charge in [0.2, 0.25) is 25.9 Å². The van der Waals surface area contributed by atoms with E-state index in [1.165, 1.54) is 42.2 Å². The summed E-state index contributed by atoms with van der Waals surface area (Å²) in [6, 6.07) is 17.4. The Morgan fingerprint density at radius 3 is 2.00 bits per heavy atom. The van der Waals surface area contributed by atoms with E-state index in [4.69, 9.17) is 29.1 Å². The highest BCUT2D eigenvalue weighted by Crippen LogP contribution is 2.39. The fourth-order valence-electron chi connectivity index (χ4n) is 8.28. The van der Waals surface area contributed by atoms with Crippen molar-refractivity contribution in [3.63, 3.8) is 0 Å². The number of aliphatic imine (C=N–C) groups is 1. The number of methoxy groups -OCH3 is 1. The quantitative estimate of drug-likeness (QED) is 0.0194. The number of aryl methyl sites for hydroxylation is 2. The summed E-state index contributed by atoms with van der Waals surface area (Å²) in [6.07, 6.45) is 12.3. The predicted molar refractivity (Wildman–Crippen MR) is 300 cm³/mol. The van der Waals surface area contributed by atoms with Gasteiger partial charge in [0.1, 0.15) is 37.7 Å². The maximum absolute atomic E-state index is 14.6. The second-order valence-electron chi connectivity index (χ2n) is 18.5. The Morgan fingerprint density at radius 1 is 0.679 bits per heavy atom. The van der Waals surface area contributed by atoms with Gasteiger partial charge in [0.05, 0.1) is 37.5 Å². The molecule has 4 aromatic carbocycles. The van der Waals surface area contributed by atoms with E-state index in [0.717, 1.165) is 88.3 Å². The van der Waals surface area contributed by atoms with E-state index in [2.05, 4.69) is 43.8 Å². The Morgan fingerprint density at radius 2 is 1.35 bits per heavy atom. The van der Waals surface area contributed by atoms with Gasteiger partial charge < -0.3 is 24.3 Å². The molecule has 0 saturated carbocycles. The molecule has 1 aliphatic heterocycles. The van der Waals surface area contributed by atoms with Gasteiger partial charge in [0.25, 0.3) is 26.0 Å². The van der Waals surface area contributed by atoms with Crippen molar-refractivity contribution in [2.75, 3.05) is 49.2 Å². The van der Waals surface area contributed by atoms with Crippen LogP contribution in [-0.2, 0) is 57.8 Å². The zero-order valence-corrected chi connectivity index (χ0v) is 47.9. The van der Waals surface area contributed by atoms with Crippen LogP contribution in [0.5, 0.6) is 23.0 Å². The van der Waals surface area contributed by atoms with Crippen LogP contribution in [0.3, 0.4) is 0 Å². The van der Waals surface area contributed by atoms with Gasteiger partial charge in [-0.1, -0.05) is 84.1 Å². The molecular formula is C52H71N9O13S4. The summed E-state index contributed by atoms with van der Waals surface area (Å²) in [5.41, 5.74) is 2.06. The normalized spacial score (nSPS) is 13.3. The van der Waals surface area contributed by atoms with Crippen molar-refractivity contribution >= 4 is 68.9 Å². The highest BCUT2D eigenvalue weighted by Gasteiger charge is 2.32. The molecule has 0 fully saturated rings. The number of benzene rings is 4. The van der Waals surface area contributed by atoms with E-state index in [1.807, 2.05) is 6.92 Å². The first kappa shape index (κ1) is 61.1. The number of nitrogens with zero attached hydrogens (tertiary/aromatic N) is 5. The molecule has 26 heteroatoms. The molecule has 0 saturated heterocycles. The zero-order valence-electron chi connectivity index (χ0n) is 44.7. The van der Waals surface area contributed by atoms with Gasteiger partial charge in [-0.3, -0.25) is 9.27 Å². The van der Waals surface area contributed by atoms with Crippen LogP contribution in [0.25, 0.3) is 0 Å². The van der Waals surface area contributed by atoms with Crippen LogP contribution in [0.15, 0.2) is 97.6 Å². The number of hydrogen-bond donors (Lipinski definition) is 5. The van der Waals surface area contributed by atoms with Gasteiger partial charge in [0, 0.05) is 31.3 Å². The summed E-state index contributed by atoms with van der Waals surface area (Å²) in [5, 5.41) is 17.0. The van der Waals surface area contributed by atoms with Crippen molar-refractivity contribution in [2.45, 2.75) is 132 Å². The molecule has 1 aromatic heterocycles. The monoisotopic (exact) mass is 1160 g/mol.